The highest BCUT2D eigenvalue weighted by Crippen LogP contribution is 2.23. The van der Waals surface area contributed by atoms with E-state index in [1.165, 1.54) is 12.0 Å². The zero-order valence-corrected chi connectivity index (χ0v) is 10.5. The van der Waals surface area contributed by atoms with Gasteiger partial charge >= 0.3 is 0 Å². The second-order valence-electron chi connectivity index (χ2n) is 5.09. The van der Waals surface area contributed by atoms with Crippen LogP contribution in [0.15, 0.2) is 24.3 Å². The summed E-state index contributed by atoms with van der Waals surface area (Å²) >= 11 is 0. The van der Waals surface area contributed by atoms with E-state index in [0.29, 0.717) is 5.92 Å². The first-order chi connectivity index (χ1) is 6.92. The molecular formula is C16H30O. The Balaban J connectivity index is 0. The van der Waals surface area contributed by atoms with Crippen molar-refractivity contribution in [3.05, 3.63) is 29.8 Å². The van der Waals surface area contributed by atoms with Crippen molar-refractivity contribution in [2.45, 2.75) is 67.4 Å². The quantitative estimate of drug-likeness (QED) is 0.661. The van der Waals surface area contributed by atoms with E-state index in [2.05, 4.69) is 58.9 Å². The molecule has 1 heteroatoms. The summed E-state index contributed by atoms with van der Waals surface area (Å²) in [4.78, 5) is 0. The Morgan fingerprint density at radius 1 is 1.06 bits per heavy atom. The summed E-state index contributed by atoms with van der Waals surface area (Å²) in [5.41, 5.74) is 1.27. The maximum Gasteiger partial charge on any atom is 0.120 e. The fourth-order valence-corrected chi connectivity index (χ4v) is 1.45. The van der Waals surface area contributed by atoms with Crippen molar-refractivity contribution in [2.75, 3.05) is 0 Å². The average Bonchev–Trinajstić information content (AvgIpc) is 2.15. The topological polar surface area (TPSA) is 9.23 Å². The third-order valence-corrected chi connectivity index (χ3v) is 2.49. The van der Waals surface area contributed by atoms with Gasteiger partial charge in [0.2, 0.25) is 0 Å². The Morgan fingerprint density at radius 3 is 1.88 bits per heavy atom. The molecule has 1 unspecified atom stereocenters. The Hall–Kier alpha value is -0.980. The van der Waals surface area contributed by atoms with Gasteiger partial charge in [-0.25, -0.2) is 0 Å². The molecule has 100 valence electrons. The molecule has 0 N–H and O–H groups in total. The van der Waals surface area contributed by atoms with Gasteiger partial charge in [0.1, 0.15) is 11.4 Å². The number of hydrogen-bond donors (Lipinski definition) is 0. The predicted octanol–water partition coefficient (Wildman–Crippen LogP) is 5.65. The first kappa shape index (κ1) is 18.4. The van der Waals surface area contributed by atoms with Crippen molar-refractivity contribution >= 4 is 0 Å². The average molecular weight is 238 g/mol. The molecule has 0 saturated carbocycles. The molecule has 0 aromatic heterocycles. The van der Waals surface area contributed by atoms with Gasteiger partial charge in [-0.2, -0.15) is 0 Å². The lowest BCUT2D eigenvalue weighted by Crippen LogP contribution is -2.22. The first-order valence-electron chi connectivity index (χ1n) is 5.71. The molecule has 1 aromatic rings. The largest absolute Gasteiger partial charge is 0.488 e. The standard InChI is InChI=1S/C14H22O.2CH4/c1-6-11(2)12-7-9-13(10-8-12)15-14(3,4)5;;/h7-11H,6H2,1-5H3;2*1H4. The van der Waals surface area contributed by atoms with Crippen LogP contribution in [-0.4, -0.2) is 5.60 Å². The summed E-state index contributed by atoms with van der Waals surface area (Å²) in [5.74, 6) is 1.59. The van der Waals surface area contributed by atoms with Crippen LogP contribution in [0.1, 0.15) is 67.4 Å². The molecule has 1 rings (SSSR count). The number of rotatable bonds is 3. The van der Waals surface area contributed by atoms with Gasteiger partial charge in [-0.3, -0.25) is 0 Å². The van der Waals surface area contributed by atoms with Crippen LogP contribution in [0.5, 0.6) is 5.75 Å². The molecule has 0 amide bonds. The van der Waals surface area contributed by atoms with Crippen molar-refractivity contribution in [1.82, 2.24) is 0 Å². The summed E-state index contributed by atoms with van der Waals surface area (Å²) in [7, 11) is 0. The van der Waals surface area contributed by atoms with Crippen LogP contribution in [0.2, 0.25) is 0 Å². The minimum absolute atomic E-state index is 0. The third-order valence-electron chi connectivity index (χ3n) is 2.49. The lowest BCUT2D eigenvalue weighted by atomic mass is 9.99. The van der Waals surface area contributed by atoms with E-state index in [1.807, 2.05) is 0 Å². The molecule has 1 aromatic carbocycles. The van der Waals surface area contributed by atoms with Gasteiger partial charge in [-0.15, -0.1) is 0 Å². The van der Waals surface area contributed by atoms with Crippen molar-refractivity contribution in [3.8, 4) is 5.75 Å². The van der Waals surface area contributed by atoms with Crippen LogP contribution < -0.4 is 4.74 Å². The van der Waals surface area contributed by atoms with Gasteiger partial charge in [0.15, 0.2) is 0 Å². The summed E-state index contributed by atoms with van der Waals surface area (Å²) < 4.78 is 5.77. The Morgan fingerprint density at radius 2 is 1.53 bits per heavy atom. The highest BCUT2D eigenvalue weighted by atomic mass is 16.5. The zero-order chi connectivity index (χ0) is 11.5. The lowest BCUT2D eigenvalue weighted by Gasteiger charge is -2.21. The maximum atomic E-state index is 5.77. The third kappa shape index (κ3) is 6.35. The Kier molecular flexibility index (Phi) is 7.97. The molecule has 0 aliphatic carbocycles. The van der Waals surface area contributed by atoms with Crippen molar-refractivity contribution in [2.24, 2.45) is 0 Å². The molecular weight excluding hydrogens is 208 g/mol. The van der Waals surface area contributed by atoms with E-state index in [0.717, 1.165) is 5.75 Å². The number of benzene rings is 1. The van der Waals surface area contributed by atoms with E-state index in [1.54, 1.807) is 0 Å². The molecule has 0 fully saturated rings. The van der Waals surface area contributed by atoms with Gasteiger partial charge < -0.3 is 4.74 Å². The maximum absolute atomic E-state index is 5.77. The molecule has 1 nitrogen and oxygen atoms in total. The summed E-state index contributed by atoms with van der Waals surface area (Å²) in [5, 5.41) is 0. The van der Waals surface area contributed by atoms with Gasteiger partial charge in [-0.05, 0) is 50.8 Å². The highest BCUT2D eigenvalue weighted by molar-refractivity contribution is 5.29. The van der Waals surface area contributed by atoms with Gasteiger partial charge in [0, 0.05) is 0 Å². The SMILES string of the molecule is C.C.CCC(C)c1ccc(OC(C)(C)C)cc1. The second kappa shape index (κ2) is 7.37. The molecule has 0 aliphatic rings. The zero-order valence-electron chi connectivity index (χ0n) is 10.5. The smallest absolute Gasteiger partial charge is 0.120 e. The van der Waals surface area contributed by atoms with Crippen LogP contribution in [0.3, 0.4) is 0 Å². The van der Waals surface area contributed by atoms with Gasteiger partial charge in [0.05, 0.1) is 0 Å². The molecule has 0 radical (unpaired) electrons. The fourth-order valence-electron chi connectivity index (χ4n) is 1.45. The van der Waals surface area contributed by atoms with Crippen LogP contribution >= 0.6 is 0 Å². The summed E-state index contributed by atoms with van der Waals surface area (Å²) in [6, 6.07) is 8.45. The van der Waals surface area contributed by atoms with Gasteiger partial charge in [-0.1, -0.05) is 40.8 Å². The minimum Gasteiger partial charge on any atom is -0.488 e. The number of hydrogen-bond acceptors (Lipinski definition) is 1. The van der Waals surface area contributed by atoms with E-state index >= 15 is 0 Å². The molecule has 0 spiro atoms. The fraction of sp³-hybridized carbons (Fsp3) is 0.625. The van der Waals surface area contributed by atoms with Crippen molar-refractivity contribution in [3.63, 3.8) is 0 Å². The molecule has 1 atom stereocenters. The summed E-state index contributed by atoms with van der Waals surface area (Å²) in [6.45, 7) is 10.7. The van der Waals surface area contributed by atoms with Crippen molar-refractivity contribution in [1.29, 1.82) is 0 Å². The molecule has 0 bridgehead atoms. The first-order valence-corrected chi connectivity index (χ1v) is 5.71. The minimum atomic E-state index is -0.113. The van der Waals surface area contributed by atoms with E-state index in [9.17, 15) is 0 Å². The van der Waals surface area contributed by atoms with Crippen LogP contribution in [0, 0.1) is 0 Å². The summed E-state index contributed by atoms with van der Waals surface area (Å²) in [6.07, 6.45) is 1.18. The number of ether oxygens (including phenoxy) is 1. The molecule has 17 heavy (non-hydrogen) atoms. The van der Waals surface area contributed by atoms with E-state index in [-0.39, 0.29) is 20.5 Å². The predicted molar refractivity (Wildman–Crippen MR) is 79.0 cm³/mol. The molecule has 0 aliphatic heterocycles. The van der Waals surface area contributed by atoms with Crippen LogP contribution in [-0.2, 0) is 0 Å². The molecule has 0 heterocycles. The monoisotopic (exact) mass is 238 g/mol. The van der Waals surface area contributed by atoms with Gasteiger partial charge in [0.25, 0.3) is 0 Å². The Bertz CT molecular complexity index is 292. The molecule has 0 saturated heterocycles. The normalized spacial score (nSPS) is 12.1. The van der Waals surface area contributed by atoms with E-state index in [4.69, 9.17) is 4.74 Å². The van der Waals surface area contributed by atoms with Crippen molar-refractivity contribution < 1.29 is 4.74 Å². The Labute approximate surface area is 108 Å². The van der Waals surface area contributed by atoms with E-state index < -0.39 is 0 Å². The second-order valence-corrected chi connectivity index (χ2v) is 5.09. The highest BCUT2D eigenvalue weighted by Gasteiger charge is 2.11. The lowest BCUT2D eigenvalue weighted by molar-refractivity contribution is 0.131. The van der Waals surface area contributed by atoms with Crippen LogP contribution in [0.25, 0.3) is 0 Å². The van der Waals surface area contributed by atoms with Crippen LogP contribution in [0.4, 0.5) is 0 Å².